The second-order valence-electron chi connectivity index (χ2n) is 5.21. The summed E-state index contributed by atoms with van der Waals surface area (Å²) in [5.41, 5.74) is 2.41. The Hall–Kier alpha value is -1.52. The number of nitrogens with zero attached hydrogens (tertiary/aromatic N) is 1. The van der Waals surface area contributed by atoms with Gasteiger partial charge in [0.25, 0.3) is 0 Å². The molecule has 2 aromatic rings. The number of hydrogen-bond acceptors (Lipinski definition) is 4. The maximum Gasteiger partial charge on any atom is 0.122 e. The van der Waals surface area contributed by atoms with Crippen molar-refractivity contribution in [1.82, 2.24) is 10.2 Å². The molecule has 4 nitrogen and oxygen atoms in total. The van der Waals surface area contributed by atoms with E-state index in [1.165, 1.54) is 11.1 Å². The van der Waals surface area contributed by atoms with Crippen LogP contribution in [0.4, 0.5) is 0 Å². The number of rotatable bonds is 7. The van der Waals surface area contributed by atoms with Gasteiger partial charge in [-0.1, -0.05) is 13.8 Å². The largest absolute Gasteiger partial charge is 0.472 e. The molecule has 2 aromatic heterocycles. The first-order chi connectivity index (χ1) is 9.15. The Morgan fingerprint density at radius 2 is 2.05 bits per heavy atom. The van der Waals surface area contributed by atoms with E-state index in [2.05, 4.69) is 31.1 Å². The molecule has 0 aliphatic heterocycles. The molecular formula is C15H22N2O2. The van der Waals surface area contributed by atoms with Crippen LogP contribution in [0.5, 0.6) is 0 Å². The van der Waals surface area contributed by atoms with Crippen molar-refractivity contribution in [3.63, 3.8) is 0 Å². The molecular weight excluding hydrogens is 240 g/mol. The highest BCUT2D eigenvalue weighted by atomic mass is 16.3. The van der Waals surface area contributed by atoms with Crippen LogP contribution in [0.3, 0.4) is 0 Å². The van der Waals surface area contributed by atoms with Crippen LogP contribution in [-0.2, 0) is 19.6 Å². The van der Waals surface area contributed by atoms with Crippen LogP contribution in [0.2, 0.25) is 0 Å². The molecule has 0 bridgehead atoms. The van der Waals surface area contributed by atoms with Gasteiger partial charge in [-0.2, -0.15) is 0 Å². The highest BCUT2D eigenvalue weighted by Crippen LogP contribution is 2.14. The van der Waals surface area contributed by atoms with Crippen molar-refractivity contribution in [2.75, 3.05) is 7.05 Å². The first-order valence-electron chi connectivity index (χ1n) is 6.63. The molecule has 0 aliphatic carbocycles. The second kappa shape index (κ2) is 6.59. The van der Waals surface area contributed by atoms with Crippen molar-refractivity contribution in [3.05, 3.63) is 47.8 Å². The monoisotopic (exact) mass is 262 g/mol. The van der Waals surface area contributed by atoms with Gasteiger partial charge in [0, 0.05) is 30.3 Å². The summed E-state index contributed by atoms with van der Waals surface area (Å²) in [7, 11) is 2.08. The maximum atomic E-state index is 5.58. The van der Waals surface area contributed by atoms with Gasteiger partial charge in [0.05, 0.1) is 25.3 Å². The Labute approximate surface area is 114 Å². The summed E-state index contributed by atoms with van der Waals surface area (Å²) in [5.74, 6) is 1.03. The average molecular weight is 262 g/mol. The van der Waals surface area contributed by atoms with E-state index in [0.29, 0.717) is 6.04 Å². The first-order valence-corrected chi connectivity index (χ1v) is 6.63. The Bertz CT molecular complexity index is 474. The summed E-state index contributed by atoms with van der Waals surface area (Å²) in [6.45, 7) is 6.79. The first kappa shape index (κ1) is 13.9. The maximum absolute atomic E-state index is 5.58. The summed E-state index contributed by atoms with van der Waals surface area (Å²) in [5, 5.41) is 3.41. The van der Waals surface area contributed by atoms with Gasteiger partial charge in [0.1, 0.15) is 5.76 Å². The van der Waals surface area contributed by atoms with Gasteiger partial charge >= 0.3 is 0 Å². The summed E-state index contributed by atoms with van der Waals surface area (Å²) in [4.78, 5) is 2.21. The van der Waals surface area contributed by atoms with E-state index >= 15 is 0 Å². The van der Waals surface area contributed by atoms with E-state index in [1.807, 2.05) is 12.1 Å². The molecule has 2 heterocycles. The fourth-order valence-electron chi connectivity index (χ4n) is 1.97. The molecule has 0 spiro atoms. The van der Waals surface area contributed by atoms with Crippen LogP contribution < -0.4 is 5.32 Å². The average Bonchev–Trinajstić information content (AvgIpc) is 2.98. The molecule has 0 aromatic carbocycles. The van der Waals surface area contributed by atoms with E-state index in [4.69, 9.17) is 8.83 Å². The smallest absolute Gasteiger partial charge is 0.122 e. The van der Waals surface area contributed by atoms with Crippen LogP contribution in [0.1, 0.15) is 30.7 Å². The van der Waals surface area contributed by atoms with E-state index in [9.17, 15) is 0 Å². The third-order valence-corrected chi connectivity index (χ3v) is 2.98. The highest BCUT2D eigenvalue weighted by Gasteiger charge is 2.10. The van der Waals surface area contributed by atoms with Crippen LogP contribution in [0.15, 0.2) is 39.8 Å². The number of hydrogen-bond donors (Lipinski definition) is 1. The minimum atomic E-state index is 0.478. The molecule has 2 rings (SSSR count). The van der Waals surface area contributed by atoms with Crippen molar-refractivity contribution in [2.24, 2.45) is 0 Å². The summed E-state index contributed by atoms with van der Waals surface area (Å²) in [6.07, 6.45) is 5.24. The molecule has 0 radical (unpaired) electrons. The standard InChI is InChI=1S/C15H22N2O2/c1-12(2)16-8-14-5-7-19-15(14)10-17(3)9-13-4-6-18-11-13/h4-7,11-12,16H,8-10H2,1-3H3. The second-order valence-corrected chi connectivity index (χ2v) is 5.21. The van der Waals surface area contributed by atoms with Gasteiger partial charge in [-0.25, -0.2) is 0 Å². The Kier molecular flexibility index (Phi) is 4.82. The van der Waals surface area contributed by atoms with Gasteiger partial charge in [0.2, 0.25) is 0 Å². The summed E-state index contributed by atoms with van der Waals surface area (Å²) < 4.78 is 10.7. The highest BCUT2D eigenvalue weighted by molar-refractivity contribution is 5.17. The molecule has 0 fully saturated rings. The van der Waals surface area contributed by atoms with E-state index in [1.54, 1.807) is 18.8 Å². The molecule has 0 aliphatic rings. The van der Waals surface area contributed by atoms with Crippen LogP contribution in [0, 0.1) is 0 Å². The zero-order chi connectivity index (χ0) is 13.7. The molecule has 1 N–H and O–H groups in total. The lowest BCUT2D eigenvalue weighted by atomic mass is 10.2. The van der Waals surface area contributed by atoms with Crippen molar-refractivity contribution >= 4 is 0 Å². The Morgan fingerprint density at radius 1 is 1.21 bits per heavy atom. The predicted octanol–water partition coefficient (Wildman–Crippen LogP) is 3.00. The lowest BCUT2D eigenvalue weighted by Crippen LogP contribution is -2.23. The van der Waals surface area contributed by atoms with Crippen molar-refractivity contribution in [2.45, 2.75) is 39.5 Å². The normalized spacial score (nSPS) is 11.6. The fraction of sp³-hybridized carbons (Fsp3) is 0.467. The van der Waals surface area contributed by atoms with Gasteiger partial charge in [-0.15, -0.1) is 0 Å². The van der Waals surface area contributed by atoms with Gasteiger partial charge in [-0.3, -0.25) is 4.90 Å². The molecule has 0 saturated carbocycles. The Balaban J connectivity index is 1.89. The lowest BCUT2D eigenvalue weighted by molar-refractivity contribution is 0.285. The fourth-order valence-corrected chi connectivity index (χ4v) is 1.97. The summed E-state index contributed by atoms with van der Waals surface area (Å²) in [6, 6.07) is 4.50. The van der Waals surface area contributed by atoms with E-state index in [-0.39, 0.29) is 0 Å². The predicted molar refractivity (Wildman–Crippen MR) is 74.6 cm³/mol. The SMILES string of the molecule is CC(C)NCc1ccoc1CN(C)Cc1ccoc1. The zero-order valence-corrected chi connectivity index (χ0v) is 11.8. The molecule has 0 saturated heterocycles. The minimum absolute atomic E-state index is 0.478. The molecule has 19 heavy (non-hydrogen) atoms. The van der Waals surface area contributed by atoms with Crippen molar-refractivity contribution < 1.29 is 8.83 Å². The van der Waals surface area contributed by atoms with E-state index < -0.39 is 0 Å². The molecule has 0 unspecified atom stereocenters. The topological polar surface area (TPSA) is 41.6 Å². The van der Waals surface area contributed by atoms with Crippen molar-refractivity contribution in [1.29, 1.82) is 0 Å². The van der Waals surface area contributed by atoms with Crippen LogP contribution >= 0.6 is 0 Å². The molecule has 104 valence electrons. The Morgan fingerprint density at radius 3 is 2.74 bits per heavy atom. The molecule has 0 atom stereocenters. The van der Waals surface area contributed by atoms with Gasteiger partial charge < -0.3 is 14.2 Å². The lowest BCUT2D eigenvalue weighted by Gasteiger charge is -2.15. The zero-order valence-electron chi connectivity index (χ0n) is 11.8. The molecule has 0 amide bonds. The quantitative estimate of drug-likeness (QED) is 0.833. The van der Waals surface area contributed by atoms with Gasteiger partial charge in [-0.05, 0) is 19.2 Å². The van der Waals surface area contributed by atoms with Gasteiger partial charge in [0.15, 0.2) is 0 Å². The third kappa shape index (κ3) is 4.26. The molecule has 4 heteroatoms. The van der Waals surface area contributed by atoms with Crippen molar-refractivity contribution in [3.8, 4) is 0 Å². The minimum Gasteiger partial charge on any atom is -0.472 e. The van der Waals surface area contributed by atoms with E-state index in [0.717, 1.165) is 25.4 Å². The third-order valence-electron chi connectivity index (χ3n) is 2.98. The number of nitrogens with one attached hydrogen (secondary N) is 1. The van der Waals surface area contributed by atoms with Crippen LogP contribution in [0.25, 0.3) is 0 Å². The summed E-state index contributed by atoms with van der Waals surface area (Å²) >= 11 is 0. The van der Waals surface area contributed by atoms with Crippen LogP contribution in [-0.4, -0.2) is 18.0 Å². The number of furan rings is 2.